The zero-order chi connectivity index (χ0) is 20.4. The van der Waals surface area contributed by atoms with Gasteiger partial charge in [-0.15, -0.1) is 0 Å². The normalized spacial score (nSPS) is 10.7. The zero-order valence-electron chi connectivity index (χ0n) is 14.4. The average molecular weight is 440 g/mol. The van der Waals surface area contributed by atoms with E-state index >= 15 is 0 Å². The Bertz CT molecular complexity index is 1080. The highest BCUT2D eigenvalue weighted by Crippen LogP contribution is 2.26. The first kappa shape index (κ1) is 20.1. The number of aromatic nitrogens is 2. The highest BCUT2D eigenvalue weighted by molar-refractivity contribution is 6.42. The molecule has 2 aromatic carbocycles. The summed E-state index contributed by atoms with van der Waals surface area (Å²) in [5.74, 6) is -0.209. The fraction of sp³-hybridized carbons (Fsp3) is 0.111. The van der Waals surface area contributed by atoms with Gasteiger partial charge in [-0.25, -0.2) is 0 Å². The molecule has 1 heterocycles. The van der Waals surface area contributed by atoms with E-state index in [2.05, 4.69) is 10.4 Å². The molecule has 3 rings (SSSR count). The highest BCUT2D eigenvalue weighted by atomic mass is 35.5. The largest absolute Gasteiger partial charge is 0.305 e. The number of carbonyl (C=O) groups excluding carboxylic acids is 1. The number of nitrogens with one attached hydrogen (secondary N) is 1. The van der Waals surface area contributed by atoms with Crippen molar-refractivity contribution in [3.05, 3.63) is 84.5 Å². The van der Waals surface area contributed by atoms with Crippen LogP contribution < -0.4 is 5.32 Å². The molecule has 1 amide bonds. The molecule has 0 aliphatic heterocycles. The number of nitrogens with zero attached hydrogens (tertiary/aromatic N) is 3. The smallest absolute Gasteiger partial charge is 0.288 e. The van der Waals surface area contributed by atoms with Crippen LogP contribution in [0, 0.1) is 17.0 Å². The fourth-order valence-electron chi connectivity index (χ4n) is 2.52. The second-order valence-electron chi connectivity index (χ2n) is 5.95. The van der Waals surface area contributed by atoms with Crippen LogP contribution in [0.15, 0.2) is 42.5 Å². The molecule has 7 nitrogen and oxygen atoms in total. The van der Waals surface area contributed by atoms with E-state index in [-0.39, 0.29) is 16.3 Å². The molecule has 0 unspecified atom stereocenters. The Morgan fingerprint density at radius 3 is 2.50 bits per heavy atom. The number of halogens is 3. The minimum Gasteiger partial charge on any atom is -0.305 e. The van der Waals surface area contributed by atoms with Crippen molar-refractivity contribution in [1.82, 2.24) is 9.78 Å². The minimum absolute atomic E-state index is 0.0386. The first-order valence-electron chi connectivity index (χ1n) is 7.98. The molecule has 0 atom stereocenters. The van der Waals surface area contributed by atoms with E-state index in [0.29, 0.717) is 22.4 Å². The van der Waals surface area contributed by atoms with Gasteiger partial charge in [0.05, 0.1) is 21.5 Å². The molecule has 28 heavy (non-hydrogen) atoms. The second kappa shape index (κ2) is 8.18. The molecule has 0 spiro atoms. The first-order valence-corrected chi connectivity index (χ1v) is 9.11. The van der Waals surface area contributed by atoms with Gasteiger partial charge in [0.25, 0.3) is 11.6 Å². The van der Waals surface area contributed by atoms with E-state index in [4.69, 9.17) is 34.8 Å². The van der Waals surface area contributed by atoms with Crippen molar-refractivity contribution < 1.29 is 9.72 Å². The summed E-state index contributed by atoms with van der Waals surface area (Å²) < 4.78 is 1.69. The number of hydrogen-bond donors (Lipinski definition) is 1. The Balaban J connectivity index is 1.77. The van der Waals surface area contributed by atoms with Crippen LogP contribution in [0.1, 0.15) is 21.6 Å². The lowest BCUT2D eigenvalue weighted by Crippen LogP contribution is -2.13. The zero-order valence-corrected chi connectivity index (χ0v) is 16.7. The molecule has 0 radical (unpaired) electrons. The average Bonchev–Trinajstić information content (AvgIpc) is 2.97. The van der Waals surface area contributed by atoms with Crippen LogP contribution in [0.3, 0.4) is 0 Å². The van der Waals surface area contributed by atoms with Crippen LogP contribution in [0.4, 0.5) is 11.5 Å². The minimum atomic E-state index is -0.644. The molecular formula is C18H13Cl3N4O3. The molecule has 10 heteroatoms. The SMILES string of the molecule is Cc1cc(NC(=O)c2ccc(Cl)c([N+](=O)[O-])c2)nn1Cc1ccc(Cl)c(Cl)c1. The molecule has 1 N–H and O–H groups in total. The van der Waals surface area contributed by atoms with Crippen molar-refractivity contribution in [2.45, 2.75) is 13.5 Å². The van der Waals surface area contributed by atoms with Gasteiger partial charge < -0.3 is 5.32 Å². The Hall–Kier alpha value is -2.61. The Kier molecular flexibility index (Phi) is 5.88. The number of benzene rings is 2. The molecule has 0 saturated heterocycles. The second-order valence-corrected chi connectivity index (χ2v) is 7.18. The summed E-state index contributed by atoms with van der Waals surface area (Å²) in [4.78, 5) is 22.7. The Morgan fingerprint density at radius 2 is 1.82 bits per heavy atom. The van der Waals surface area contributed by atoms with E-state index in [0.717, 1.165) is 17.3 Å². The quantitative estimate of drug-likeness (QED) is 0.428. The van der Waals surface area contributed by atoms with Gasteiger partial charge in [-0.3, -0.25) is 19.6 Å². The predicted molar refractivity (Wildman–Crippen MR) is 109 cm³/mol. The number of amides is 1. The summed E-state index contributed by atoms with van der Waals surface area (Å²) in [6, 6.07) is 10.8. The lowest BCUT2D eigenvalue weighted by Gasteiger charge is -2.06. The molecule has 0 fully saturated rings. The lowest BCUT2D eigenvalue weighted by atomic mass is 10.2. The van der Waals surface area contributed by atoms with Crippen molar-refractivity contribution in [3.63, 3.8) is 0 Å². The van der Waals surface area contributed by atoms with Gasteiger partial charge in [0.15, 0.2) is 5.82 Å². The topological polar surface area (TPSA) is 90.1 Å². The summed E-state index contributed by atoms with van der Waals surface area (Å²) in [7, 11) is 0. The number of carbonyl (C=O) groups is 1. The van der Waals surface area contributed by atoms with Gasteiger partial charge in [-0.1, -0.05) is 40.9 Å². The van der Waals surface area contributed by atoms with Crippen molar-refractivity contribution in [1.29, 1.82) is 0 Å². The predicted octanol–water partition coefficient (Wildman–Crippen LogP) is 5.36. The van der Waals surface area contributed by atoms with Crippen molar-refractivity contribution >= 4 is 52.2 Å². The number of aryl methyl sites for hydroxylation is 1. The van der Waals surface area contributed by atoms with Crippen LogP contribution in [-0.4, -0.2) is 20.6 Å². The maximum atomic E-state index is 12.4. The highest BCUT2D eigenvalue weighted by Gasteiger charge is 2.17. The van der Waals surface area contributed by atoms with Crippen LogP contribution in [-0.2, 0) is 6.54 Å². The van der Waals surface area contributed by atoms with Crippen LogP contribution in [0.5, 0.6) is 0 Å². The summed E-state index contributed by atoms with van der Waals surface area (Å²) in [6.45, 7) is 2.28. The van der Waals surface area contributed by atoms with Gasteiger partial charge in [0.1, 0.15) is 5.02 Å². The van der Waals surface area contributed by atoms with Crippen LogP contribution in [0.25, 0.3) is 0 Å². The molecule has 0 aliphatic carbocycles. The van der Waals surface area contributed by atoms with Gasteiger partial charge in [0.2, 0.25) is 0 Å². The standard InChI is InChI=1S/C18H13Cl3N4O3/c1-10-6-17(23-24(10)9-11-2-4-13(19)15(21)7-11)22-18(26)12-3-5-14(20)16(8-12)25(27)28/h2-8H,9H2,1H3,(H,22,23,26). The van der Waals surface area contributed by atoms with Gasteiger partial charge in [0, 0.05) is 23.4 Å². The molecule has 144 valence electrons. The van der Waals surface area contributed by atoms with E-state index < -0.39 is 10.8 Å². The Labute approximate surface area is 175 Å². The lowest BCUT2D eigenvalue weighted by molar-refractivity contribution is -0.384. The number of nitro benzene ring substituents is 1. The van der Waals surface area contributed by atoms with Gasteiger partial charge in [-0.05, 0) is 36.8 Å². The third-order valence-corrected chi connectivity index (χ3v) is 5.00. The van der Waals surface area contributed by atoms with Crippen molar-refractivity contribution in [2.24, 2.45) is 0 Å². The summed E-state index contributed by atoms with van der Waals surface area (Å²) in [5, 5.41) is 18.8. The van der Waals surface area contributed by atoms with Crippen LogP contribution in [0.2, 0.25) is 15.1 Å². The number of hydrogen-bond acceptors (Lipinski definition) is 4. The third kappa shape index (κ3) is 4.44. The molecule has 3 aromatic rings. The number of nitro groups is 1. The summed E-state index contributed by atoms with van der Waals surface area (Å²) in [5.41, 5.74) is 1.47. The van der Waals surface area contributed by atoms with E-state index in [1.807, 2.05) is 13.0 Å². The molecule has 0 saturated carbocycles. The maximum Gasteiger partial charge on any atom is 0.288 e. The van der Waals surface area contributed by atoms with E-state index in [1.54, 1.807) is 22.9 Å². The third-order valence-electron chi connectivity index (χ3n) is 3.94. The fourth-order valence-corrected chi connectivity index (χ4v) is 3.03. The number of anilines is 1. The van der Waals surface area contributed by atoms with Crippen molar-refractivity contribution in [3.8, 4) is 0 Å². The molecule has 0 aliphatic rings. The Morgan fingerprint density at radius 1 is 1.11 bits per heavy atom. The van der Waals surface area contributed by atoms with Crippen LogP contribution >= 0.6 is 34.8 Å². The maximum absolute atomic E-state index is 12.4. The molecular weight excluding hydrogens is 427 g/mol. The summed E-state index contributed by atoms with van der Waals surface area (Å²) >= 11 is 17.7. The summed E-state index contributed by atoms with van der Waals surface area (Å²) in [6.07, 6.45) is 0. The molecule has 1 aromatic heterocycles. The number of rotatable bonds is 5. The first-order chi connectivity index (χ1) is 13.2. The van der Waals surface area contributed by atoms with E-state index in [9.17, 15) is 14.9 Å². The van der Waals surface area contributed by atoms with Gasteiger partial charge >= 0.3 is 0 Å². The van der Waals surface area contributed by atoms with Crippen molar-refractivity contribution in [2.75, 3.05) is 5.32 Å². The van der Waals surface area contributed by atoms with E-state index in [1.165, 1.54) is 12.1 Å². The monoisotopic (exact) mass is 438 g/mol. The molecule has 0 bridgehead atoms. The van der Waals surface area contributed by atoms with Gasteiger partial charge in [-0.2, -0.15) is 5.10 Å².